The van der Waals surface area contributed by atoms with Gasteiger partial charge in [0.15, 0.2) is 4.90 Å². The number of nitrogens with zero attached hydrogens (tertiary/aromatic N) is 1. The summed E-state index contributed by atoms with van der Waals surface area (Å²) >= 11 is 0. The van der Waals surface area contributed by atoms with Crippen LogP contribution in [0.5, 0.6) is 0 Å². The van der Waals surface area contributed by atoms with E-state index in [-0.39, 0.29) is 0 Å². The molecule has 0 atom stereocenters. The summed E-state index contributed by atoms with van der Waals surface area (Å²) in [5.74, 6) is -2.31. The van der Waals surface area contributed by atoms with E-state index in [1.165, 1.54) is 13.8 Å². The van der Waals surface area contributed by atoms with Crippen LogP contribution < -0.4 is 0 Å². The van der Waals surface area contributed by atoms with Crippen molar-refractivity contribution < 1.29 is 22.3 Å². The van der Waals surface area contributed by atoms with Crippen molar-refractivity contribution in [2.24, 2.45) is 0 Å². The van der Waals surface area contributed by atoms with E-state index in [0.29, 0.717) is 0 Å². The average molecular weight is 279 g/mol. The van der Waals surface area contributed by atoms with Gasteiger partial charge in [-0.25, -0.2) is 17.2 Å². The van der Waals surface area contributed by atoms with Crippen LogP contribution in [0.1, 0.15) is 13.8 Å². The third kappa shape index (κ3) is 2.52. The molecule has 1 aromatic carbocycles. The molecule has 0 aliphatic carbocycles. The Morgan fingerprint density at radius 3 is 2.11 bits per heavy atom. The Bertz CT molecular complexity index is 523. The first-order chi connectivity index (χ1) is 8.14. The fraction of sp³-hybridized carbons (Fsp3) is 0.455. The zero-order valence-corrected chi connectivity index (χ0v) is 11.1. The van der Waals surface area contributed by atoms with E-state index in [2.05, 4.69) is 0 Å². The molecule has 0 saturated heterocycles. The molecule has 0 fully saturated rings. The number of sulfonamides is 1. The molecule has 0 aliphatic rings. The van der Waals surface area contributed by atoms with E-state index in [1.54, 1.807) is 0 Å². The number of aliphatic hydroxyl groups excluding tert-OH is 1. The first-order valence-electron chi connectivity index (χ1n) is 5.18. The molecule has 0 amide bonds. The first-order valence-corrected chi connectivity index (χ1v) is 6.62. The normalized spacial score (nSPS) is 13.1. The Kier molecular flexibility index (Phi) is 4.09. The molecule has 7 heteroatoms. The highest BCUT2D eigenvalue weighted by Crippen LogP contribution is 2.26. The second kappa shape index (κ2) is 4.91. The summed E-state index contributed by atoms with van der Waals surface area (Å²) in [4.78, 5) is -1.01. The Hall–Kier alpha value is -1.05. The molecule has 0 aliphatic heterocycles. The molecular formula is C11H15F2NO3S. The lowest BCUT2D eigenvalue weighted by molar-refractivity contribution is 0.137. The van der Waals surface area contributed by atoms with E-state index < -0.39 is 38.7 Å². The number of halogens is 2. The summed E-state index contributed by atoms with van der Waals surface area (Å²) in [6.07, 6.45) is 0. The van der Waals surface area contributed by atoms with Gasteiger partial charge in [-0.3, -0.25) is 0 Å². The Morgan fingerprint density at radius 1 is 1.28 bits per heavy atom. The molecule has 0 saturated carbocycles. The van der Waals surface area contributed by atoms with Crippen molar-refractivity contribution in [3.8, 4) is 0 Å². The largest absolute Gasteiger partial charge is 0.394 e. The molecule has 0 heterocycles. The Morgan fingerprint density at radius 2 is 1.72 bits per heavy atom. The second-order valence-corrected chi connectivity index (χ2v) is 6.40. The van der Waals surface area contributed by atoms with Crippen LogP contribution in [0.2, 0.25) is 0 Å². The summed E-state index contributed by atoms with van der Waals surface area (Å²) in [6, 6.07) is 2.83. The van der Waals surface area contributed by atoms with Crippen LogP contribution in [0.15, 0.2) is 23.1 Å². The lowest BCUT2D eigenvalue weighted by atomic mass is 10.1. The third-order valence-corrected chi connectivity index (χ3v) is 4.90. The maximum atomic E-state index is 13.5. The SMILES string of the molecule is CN(C(C)(C)CO)S(=O)(=O)c1c(F)cccc1F. The van der Waals surface area contributed by atoms with E-state index in [0.717, 1.165) is 29.6 Å². The van der Waals surface area contributed by atoms with Gasteiger partial charge in [-0.15, -0.1) is 0 Å². The summed E-state index contributed by atoms with van der Waals surface area (Å²) in [6.45, 7) is 2.42. The molecule has 18 heavy (non-hydrogen) atoms. The fourth-order valence-electron chi connectivity index (χ4n) is 1.29. The van der Waals surface area contributed by atoms with Crippen molar-refractivity contribution in [2.75, 3.05) is 13.7 Å². The summed E-state index contributed by atoms with van der Waals surface area (Å²) in [7, 11) is -3.18. The van der Waals surface area contributed by atoms with Crippen molar-refractivity contribution in [1.82, 2.24) is 4.31 Å². The molecule has 1 aromatic rings. The number of hydrogen-bond acceptors (Lipinski definition) is 3. The number of likely N-dealkylation sites (N-methyl/N-ethyl adjacent to an activating group) is 1. The Labute approximate surface area is 105 Å². The predicted octanol–water partition coefficient (Wildman–Crippen LogP) is 1.36. The highest BCUT2D eigenvalue weighted by molar-refractivity contribution is 7.89. The number of benzene rings is 1. The quantitative estimate of drug-likeness (QED) is 0.905. The summed E-state index contributed by atoms with van der Waals surface area (Å²) in [5, 5.41) is 9.12. The van der Waals surface area contributed by atoms with Crippen LogP contribution >= 0.6 is 0 Å². The van der Waals surface area contributed by atoms with Crippen molar-refractivity contribution in [2.45, 2.75) is 24.3 Å². The van der Waals surface area contributed by atoms with E-state index in [9.17, 15) is 17.2 Å². The molecule has 0 unspecified atom stereocenters. The van der Waals surface area contributed by atoms with Crippen molar-refractivity contribution in [3.63, 3.8) is 0 Å². The molecule has 0 aromatic heterocycles. The zero-order chi connectivity index (χ0) is 14.1. The van der Waals surface area contributed by atoms with Crippen LogP contribution in [-0.4, -0.2) is 37.0 Å². The lowest BCUT2D eigenvalue weighted by Crippen LogP contribution is -2.47. The minimum absolute atomic E-state index is 0.473. The maximum absolute atomic E-state index is 13.5. The first kappa shape index (κ1) is 15.0. The second-order valence-electron chi connectivity index (χ2n) is 4.49. The smallest absolute Gasteiger partial charge is 0.249 e. The molecule has 0 radical (unpaired) electrons. The van der Waals surface area contributed by atoms with Gasteiger partial charge in [0, 0.05) is 7.05 Å². The highest BCUT2D eigenvalue weighted by Gasteiger charge is 2.36. The van der Waals surface area contributed by atoms with Crippen LogP contribution in [0, 0.1) is 11.6 Å². The summed E-state index contributed by atoms with van der Waals surface area (Å²) < 4.78 is 52.0. The zero-order valence-electron chi connectivity index (χ0n) is 10.3. The lowest BCUT2D eigenvalue weighted by Gasteiger charge is -2.32. The number of rotatable bonds is 4. The molecule has 102 valence electrons. The van der Waals surface area contributed by atoms with Gasteiger partial charge in [-0.2, -0.15) is 4.31 Å². The molecule has 1 rings (SSSR count). The van der Waals surface area contributed by atoms with Gasteiger partial charge >= 0.3 is 0 Å². The fourth-order valence-corrected chi connectivity index (χ4v) is 2.90. The average Bonchev–Trinajstić information content (AvgIpc) is 2.27. The van der Waals surface area contributed by atoms with Gasteiger partial charge in [0.05, 0.1) is 12.1 Å². The topological polar surface area (TPSA) is 57.6 Å². The number of hydrogen-bond donors (Lipinski definition) is 1. The maximum Gasteiger partial charge on any atom is 0.249 e. The molecule has 0 bridgehead atoms. The number of aliphatic hydroxyl groups is 1. The minimum atomic E-state index is -4.35. The van der Waals surface area contributed by atoms with Crippen molar-refractivity contribution in [3.05, 3.63) is 29.8 Å². The van der Waals surface area contributed by atoms with Gasteiger partial charge in [0.1, 0.15) is 11.6 Å². The minimum Gasteiger partial charge on any atom is -0.394 e. The van der Waals surface area contributed by atoms with Gasteiger partial charge in [0.25, 0.3) is 0 Å². The third-order valence-electron chi connectivity index (χ3n) is 2.78. The van der Waals surface area contributed by atoms with Crippen LogP contribution in [-0.2, 0) is 10.0 Å². The van der Waals surface area contributed by atoms with E-state index >= 15 is 0 Å². The van der Waals surface area contributed by atoms with Gasteiger partial charge in [0.2, 0.25) is 10.0 Å². The predicted molar refractivity (Wildman–Crippen MR) is 62.5 cm³/mol. The van der Waals surface area contributed by atoms with Crippen LogP contribution in [0.25, 0.3) is 0 Å². The molecule has 1 N–H and O–H groups in total. The van der Waals surface area contributed by atoms with E-state index in [4.69, 9.17) is 5.11 Å². The molecule has 0 spiro atoms. The van der Waals surface area contributed by atoms with Crippen LogP contribution in [0.3, 0.4) is 0 Å². The standard InChI is InChI=1S/C11H15F2NO3S/c1-11(2,7-15)14(3)18(16,17)10-8(12)5-4-6-9(10)13/h4-6,15H,7H2,1-3H3. The Balaban J connectivity index is 3.40. The van der Waals surface area contributed by atoms with Gasteiger partial charge in [-0.1, -0.05) is 6.07 Å². The van der Waals surface area contributed by atoms with Crippen LogP contribution in [0.4, 0.5) is 8.78 Å². The highest BCUT2D eigenvalue weighted by atomic mass is 32.2. The monoisotopic (exact) mass is 279 g/mol. The van der Waals surface area contributed by atoms with Gasteiger partial charge < -0.3 is 5.11 Å². The van der Waals surface area contributed by atoms with Crippen molar-refractivity contribution in [1.29, 1.82) is 0 Å². The van der Waals surface area contributed by atoms with E-state index in [1.807, 2.05) is 0 Å². The van der Waals surface area contributed by atoms with Gasteiger partial charge in [-0.05, 0) is 26.0 Å². The molecular weight excluding hydrogens is 264 g/mol. The van der Waals surface area contributed by atoms with Crippen molar-refractivity contribution >= 4 is 10.0 Å². The summed E-state index contributed by atoms with van der Waals surface area (Å²) in [5.41, 5.74) is -1.16. The molecule has 4 nitrogen and oxygen atoms in total.